The number of aliphatic hydroxyl groups excluding tert-OH is 3. The molecule has 0 spiro atoms. The van der Waals surface area contributed by atoms with E-state index in [1.54, 1.807) is 58.0 Å². The van der Waals surface area contributed by atoms with Crippen molar-refractivity contribution >= 4 is 11.9 Å². The first-order chi connectivity index (χ1) is 18.7. The maximum absolute atomic E-state index is 13.7. The van der Waals surface area contributed by atoms with Gasteiger partial charge in [0, 0.05) is 37.7 Å². The second-order valence-corrected chi connectivity index (χ2v) is 12.6. The van der Waals surface area contributed by atoms with Gasteiger partial charge < -0.3 is 39.4 Å². The summed E-state index contributed by atoms with van der Waals surface area (Å²) in [6, 6.07) is 8.27. The standard InChI is InChI=1S/C30H40O10/c1-15-18(32)13-30(36)25(39-26(35)17-10-8-7-9-11-17)23-28(5,24(34)22(37-6)21(15)27(30,3)4)19(33)12-20-29(23,14-38-20)40-16(2)31/h7-11,18-20,22-25,32-34,36H,12-14H2,1-6H3/t18-,19-,20+,22+,23-,24?,25-,28+,29-,30+/m0/s1. The smallest absolute Gasteiger partial charge is 0.338 e. The fraction of sp³-hybridized carbons (Fsp3) is 0.667. The van der Waals surface area contributed by atoms with Crippen molar-refractivity contribution in [1.82, 2.24) is 0 Å². The Morgan fingerprint density at radius 2 is 1.73 bits per heavy atom. The van der Waals surface area contributed by atoms with Crippen LogP contribution in [0.15, 0.2) is 41.5 Å². The van der Waals surface area contributed by atoms with Crippen LogP contribution in [0, 0.1) is 16.7 Å². The number of hydrogen-bond donors (Lipinski definition) is 4. The van der Waals surface area contributed by atoms with Crippen LogP contribution < -0.4 is 0 Å². The van der Waals surface area contributed by atoms with Crippen molar-refractivity contribution in [3.63, 3.8) is 0 Å². The van der Waals surface area contributed by atoms with E-state index in [1.165, 1.54) is 14.0 Å². The van der Waals surface area contributed by atoms with Gasteiger partial charge in [0.1, 0.15) is 23.9 Å². The molecule has 10 atom stereocenters. The number of fused-ring (bicyclic) bond motifs is 5. The van der Waals surface area contributed by atoms with E-state index in [0.29, 0.717) is 11.1 Å². The molecule has 0 amide bonds. The Morgan fingerprint density at radius 1 is 1.07 bits per heavy atom. The number of rotatable bonds is 4. The predicted molar refractivity (Wildman–Crippen MR) is 141 cm³/mol. The third-order valence-corrected chi connectivity index (χ3v) is 10.4. The van der Waals surface area contributed by atoms with Gasteiger partial charge in [0.25, 0.3) is 0 Å². The van der Waals surface area contributed by atoms with Crippen LogP contribution in [-0.2, 0) is 23.7 Å². The second kappa shape index (κ2) is 9.61. The van der Waals surface area contributed by atoms with Crippen molar-refractivity contribution in [2.24, 2.45) is 16.7 Å². The number of carbonyl (C=O) groups excluding carboxylic acids is 2. The number of benzene rings is 1. The van der Waals surface area contributed by atoms with Gasteiger partial charge >= 0.3 is 11.9 Å². The highest BCUT2D eigenvalue weighted by atomic mass is 16.6. The Hall–Kier alpha value is -2.34. The highest BCUT2D eigenvalue weighted by Crippen LogP contribution is 2.65. The van der Waals surface area contributed by atoms with Gasteiger partial charge in [-0.15, -0.1) is 0 Å². The maximum Gasteiger partial charge on any atom is 0.338 e. The lowest BCUT2D eigenvalue weighted by Crippen LogP contribution is -2.82. The van der Waals surface area contributed by atoms with Gasteiger partial charge in [0.05, 0.1) is 36.4 Å². The highest BCUT2D eigenvalue weighted by Gasteiger charge is 2.77. The van der Waals surface area contributed by atoms with Crippen molar-refractivity contribution in [3.05, 3.63) is 47.0 Å². The summed E-state index contributed by atoms with van der Waals surface area (Å²) >= 11 is 0. The van der Waals surface area contributed by atoms with Crippen LogP contribution in [0.4, 0.5) is 0 Å². The summed E-state index contributed by atoms with van der Waals surface area (Å²) < 4.78 is 23.9. The third-order valence-electron chi connectivity index (χ3n) is 10.4. The Kier molecular flexibility index (Phi) is 7.00. The minimum absolute atomic E-state index is 0.0373. The summed E-state index contributed by atoms with van der Waals surface area (Å²) in [5.74, 6) is -2.51. The van der Waals surface area contributed by atoms with E-state index in [1.807, 2.05) is 0 Å². The molecule has 3 aliphatic carbocycles. The summed E-state index contributed by atoms with van der Waals surface area (Å²) in [5.41, 5.74) is -4.89. The molecule has 10 heteroatoms. The molecule has 40 heavy (non-hydrogen) atoms. The molecule has 1 saturated heterocycles. The van der Waals surface area contributed by atoms with Crippen molar-refractivity contribution in [3.8, 4) is 0 Å². The largest absolute Gasteiger partial charge is 0.455 e. The van der Waals surface area contributed by atoms with E-state index in [9.17, 15) is 30.0 Å². The molecular formula is C30H40O10. The molecule has 1 heterocycles. The molecule has 0 aromatic heterocycles. The molecule has 1 aromatic carbocycles. The molecule has 1 unspecified atom stereocenters. The predicted octanol–water partition coefficient (Wildman–Crippen LogP) is 1.53. The van der Waals surface area contributed by atoms with Crippen LogP contribution in [0.5, 0.6) is 0 Å². The molecule has 1 aliphatic heterocycles. The molecule has 220 valence electrons. The van der Waals surface area contributed by atoms with Crippen molar-refractivity contribution in [1.29, 1.82) is 0 Å². The SMILES string of the molecule is CO[C@@H]1C2=C(C)[C@@H](O)C[C@@](O)([C@@H](OC(=O)c3ccccc3)[C@@H]3[C@]4(OC(C)=O)CO[C@@H]4C[C@H](O)[C@@]3(C)C1O)C2(C)C. The zero-order chi connectivity index (χ0) is 29.4. The molecular weight excluding hydrogens is 520 g/mol. The molecule has 0 radical (unpaired) electrons. The summed E-state index contributed by atoms with van der Waals surface area (Å²) in [6.07, 6.45) is -7.22. The van der Waals surface area contributed by atoms with Gasteiger partial charge in [0.15, 0.2) is 5.60 Å². The average molecular weight is 561 g/mol. The van der Waals surface area contributed by atoms with Crippen LogP contribution >= 0.6 is 0 Å². The number of carbonyl (C=O) groups is 2. The maximum atomic E-state index is 13.7. The number of hydrogen-bond acceptors (Lipinski definition) is 10. The molecule has 4 aliphatic rings. The normalized spacial score (nSPS) is 43.8. The number of aliphatic hydroxyl groups is 4. The van der Waals surface area contributed by atoms with Gasteiger partial charge in [-0.05, 0) is 30.2 Å². The number of ether oxygens (including phenoxy) is 4. The van der Waals surface area contributed by atoms with E-state index < -0.39 is 76.5 Å². The Morgan fingerprint density at radius 3 is 2.27 bits per heavy atom. The van der Waals surface area contributed by atoms with Crippen molar-refractivity contribution < 1.29 is 49.0 Å². The quantitative estimate of drug-likeness (QED) is 0.315. The van der Waals surface area contributed by atoms with E-state index in [2.05, 4.69) is 0 Å². The number of esters is 2. The fourth-order valence-electron chi connectivity index (χ4n) is 8.09. The summed E-state index contributed by atoms with van der Waals surface area (Å²) in [4.78, 5) is 26.2. The van der Waals surface area contributed by atoms with E-state index in [-0.39, 0.29) is 25.0 Å². The highest BCUT2D eigenvalue weighted by molar-refractivity contribution is 5.89. The average Bonchev–Trinajstić information content (AvgIpc) is 2.89. The van der Waals surface area contributed by atoms with Crippen LogP contribution in [-0.4, -0.2) is 93.9 Å². The summed E-state index contributed by atoms with van der Waals surface area (Å²) in [7, 11) is 1.42. The Balaban J connectivity index is 1.82. The summed E-state index contributed by atoms with van der Waals surface area (Å²) in [5, 5.41) is 47.9. The summed E-state index contributed by atoms with van der Waals surface area (Å²) in [6.45, 7) is 8.05. The molecule has 4 N–H and O–H groups in total. The van der Waals surface area contributed by atoms with Crippen molar-refractivity contribution in [2.75, 3.05) is 13.7 Å². The Bertz CT molecular complexity index is 1210. The minimum Gasteiger partial charge on any atom is -0.455 e. The first kappa shape index (κ1) is 29.2. The second-order valence-electron chi connectivity index (χ2n) is 12.6. The molecule has 2 saturated carbocycles. The molecule has 10 nitrogen and oxygen atoms in total. The van der Waals surface area contributed by atoms with E-state index in [4.69, 9.17) is 18.9 Å². The third kappa shape index (κ3) is 3.77. The lowest BCUT2D eigenvalue weighted by molar-refractivity contribution is -0.365. The van der Waals surface area contributed by atoms with Crippen LogP contribution in [0.1, 0.15) is 57.8 Å². The van der Waals surface area contributed by atoms with Gasteiger partial charge in [-0.3, -0.25) is 4.79 Å². The monoisotopic (exact) mass is 560 g/mol. The van der Waals surface area contributed by atoms with Crippen LogP contribution in [0.3, 0.4) is 0 Å². The lowest BCUT2D eigenvalue weighted by Gasteiger charge is -2.69. The van der Waals surface area contributed by atoms with Crippen molar-refractivity contribution in [2.45, 2.75) is 95.3 Å². The fourth-order valence-corrected chi connectivity index (χ4v) is 8.09. The molecule has 3 fully saturated rings. The van der Waals surface area contributed by atoms with E-state index >= 15 is 0 Å². The van der Waals surface area contributed by atoms with Gasteiger partial charge in [0.2, 0.25) is 0 Å². The molecule has 2 bridgehead atoms. The zero-order valence-corrected chi connectivity index (χ0v) is 23.8. The molecule has 5 rings (SSSR count). The first-order valence-electron chi connectivity index (χ1n) is 13.7. The van der Waals surface area contributed by atoms with E-state index in [0.717, 1.165) is 0 Å². The first-order valence-corrected chi connectivity index (χ1v) is 13.7. The van der Waals surface area contributed by atoms with Crippen LogP contribution in [0.2, 0.25) is 0 Å². The van der Waals surface area contributed by atoms with Gasteiger partial charge in [-0.25, -0.2) is 4.79 Å². The Labute approximate surface area is 233 Å². The lowest BCUT2D eigenvalue weighted by atomic mass is 9.44. The molecule has 1 aromatic rings. The topological polar surface area (TPSA) is 152 Å². The minimum atomic E-state index is -1.95. The van der Waals surface area contributed by atoms with Crippen LogP contribution in [0.25, 0.3) is 0 Å². The van der Waals surface area contributed by atoms with Gasteiger partial charge in [-0.2, -0.15) is 0 Å². The van der Waals surface area contributed by atoms with Gasteiger partial charge in [-0.1, -0.05) is 39.0 Å². The zero-order valence-electron chi connectivity index (χ0n) is 23.8. The number of methoxy groups -OCH3 is 1.